The zero-order chi connectivity index (χ0) is 16.4. The van der Waals surface area contributed by atoms with Crippen LogP contribution in [0, 0.1) is 6.92 Å². The zero-order valence-electron chi connectivity index (χ0n) is 13.4. The Hall–Kier alpha value is -3.13. The Labute approximate surface area is 141 Å². The first-order valence-electron chi connectivity index (χ1n) is 7.98. The fourth-order valence-electron chi connectivity index (χ4n) is 2.78. The fourth-order valence-corrected chi connectivity index (χ4v) is 2.78. The van der Waals surface area contributed by atoms with Crippen LogP contribution in [0.4, 0.5) is 0 Å². The fraction of sp³-hybridized carbons (Fsp3) is 0.0455. The highest BCUT2D eigenvalue weighted by molar-refractivity contribution is 5.69. The average molecular weight is 311 g/mol. The molecule has 0 bridgehead atoms. The van der Waals surface area contributed by atoms with Gasteiger partial charge in [-0.1, -0.05) is 72.3 Å². The molecular weight excluding hydrogens is 294 g/mol. The van der Waals surface area contributed by atoms with Crippen LogP contribution in [-0.2, 0) is 0 Å². The van der Waals surface area contributed by atoms with E-state index in [2.05, 4.69) is 60.4 Å². The number of benzene rings is 3. The van der Waals surface area contributed by atoms with Gasteiger partial charge in [0.05, 0.1) is 0 Å². The molecule has 0 N–H and O–H groups in total. The molecule has 0 saturated heterocycles. The summed E-state index contributed by atoms with van der Waals surface area (Å²) in [6.45, 7) is 2.11. The van der Waals surface area contributed by atoms with E-state index < -0.39 is 0 Å². The molecule has 24 heavy (non-hydrogen) atoms. The lowest BCUT2D eigenvalue weighted by atomic mass is 10.0. The second-order valence-electron chi connectivity index (χ2n) is 5.85. The second kappa shape index (κ2) is 6.17. The molecule has 1 heterocycles. The summed E-state index contributed by atoms with van der Waals surface area (Å²) >= 11 is 0. The predicted octanol–water partition coefficient (Wildman–Crippen LogP) is 5.98. The Morgan fingerprint density at radius 2 is 1.38 bits per heavy atom. The summed E-state index contributed by atoms with van der Waals surface area (Å²) in [5, 5.41) is 0. The van der Waals surface area contributed by atoms with Crippen molar-refractivity contribution in [1.29, 1.82) is 0 Å². The lowest BCUT2D eigenvalue weighted by Gasteiger charge is -2.04. The molecule has 4 aromatic rings. The molecule has 0 fully saturated rings. The van der Waals surface area contributed by atoms with Gasteiger partial charge in [0.2, 0.25) is 5.89 Å². The van der Waals surface area contributed by atoms with E-state index in [1.165, 1.54) is 16.7 Å². The number of hydrogen-bond acceptors (Lipinski definition) is 2. The van der Waals surface area contributed by atoms with E-state index >= 15 is 0 Å². The molecule has 3 aromatic carbocycles. The first-order valence-corrected chi connectivity index (χ1v) is 7.98. The number of rotatable bonds is 3. The van der Waals surface area contributed by atoms with Gasteiger partial charge in [-0.3, -0.25) is 0 Å². The van der Waals surface area contributed by atoms with Gasteiger partial charge in [-0.15, -0.1) is 0 Å². The number of nitrogens with zero attached hydrogens (tertiary/aromatic N) is 1. The van der Waals surface area contributed by atoms with Gasteiger partial charge in [0.15, 0.2) is 0 Å². The summed E-state index contributed by atoms with van der Waals surface area (Å²) < 4.78 is 5.62. The van der Waals surface area contributed by atoms with Gasteiger partial charge in [0, 0.05) is 11.1 Å². The molecule has 0 amide bonds. The number of aromatic nitrogens is 1. The molecule has 0 spiro atoms. The molecule has 0 saturated carbocycles. The maximum atomic E-state index is 5.62. The SMILES string of the molecule is Cc1cccc(-c2ccc(-c3coc(-c4ccccc4)n3)cc2)c1. The molecule has 0 aliphatic carbocycles. The maximum absolute atomic E-state index is 5.62. The standard InChI is InChI=1S/C22H17NO/c1-16-6-5-9-20(14-16)17-10-12-18(13-11-17)21-15-24-22(23-21)19-7-3-2-4-8-19/h2-15H,1H3. The van der Waals surface area contributed by atoms with Gasteiger partial charge in [-0.2, -0.15) is 0 Å². The van der Waals surface area contributed by atoms with Crippen LogP contribution in [0.15, 0.2) is 89.5 Å². The third kappa shape index (κ3) is 2.86. The molecule has 0 aliphatic rings. The van der Waals surface area contributed by atoms with Crippen LogP contribution in [0.1, 0.15) is 5.56 Å². The Morgan fingerprint density at radius 3 is 2.12 bits per heavy atom. The number of aryl methyl sites for hydroxylation is 1. The van der Waals surface area contributed by atoms with E-state index in [4.69, 9.17) is 4.42 Å². The normalized spacial score (nSPS) is 10.7. The van der Waals surface area contributed by atoms with E-state index in [9.17, 15) is 0 Å². The van der Waals surface area contributed by atoms with E-state index in [1.807, 2.05) is 30.3 Å². The summed E-state index contributed by atoms with van der Waals surface area (Å²) in [6, 6.07) is 26.9. The Bertz CT molecular complexity index is 953. The van der Waals surface area contributed by atoms with Crippen LogP contribution >= 0.6 is 0 Å². The summed E-state index contributed by atoms with van der Waals surface area (Å²) in [5.74, 6) is 0.647. The molecule has 2 nitrogen and oxygen atoms in total. The Kier molecular flexibility index (Phi) is 3.72. The molecule has 0 unspecified atom stereocenters. The quantitative estimate of drug-likeness (QED) is 0.465. The molecule has 2 heteroatoms. The highest BCUT2D eigenvalue weighted by Crippen LogP contribution is 2.27. The molecule has 0 atom stereocenters. The summed E-state index contributed by atoms with van der Waals surface area (Å²) in [4.78, 5) is 4.60. The van der Waals surface area contributed by atoms with Crippen molar-refractivity contribution in [2.24, 2.45) is 0 Å². The van der Waals surface area contributed by atoms with Crippen molar-refractivity contribution in [2.75, 3.05) is 0 Å². The lowest BCUT2D eigenvalue weighted by molar-refractivity contribution is 0.575. The van der Waals surface area contributed by atoms with Crippen LogP contribution in [0.25, 0.3) is 33.8 Å². The van der Waals surface area contributed by atoms with Gasteiger partial charge >= 0.3 is 0 Å². The number of oxazole rings is 1. The van der Waals surface area contributed by atoms with Gasteiger partial charge in [0.1, 0.15) is 12.0 Å². The average Bonchev–Trinajstić information content (AvgIpc) is 3.13. The molecule has 116 valence electrons. The van der Waals surface area contributed by atoms with Crippen molar-refractivity contribution in [3.63, 3.8) is 0 Å². The van der Waals surface area contributed by atoms with E-state index in [1.54, 1.807) is 6.26 Å². The van der Waals surface area contributed by atoms with Crippen LogP contribution in [-0.4, -0.2) is 4.98 Å². The van der Waals surface area contributed by atoms with Crippen LogP contribution < -0.4 is 0 Å². The molecule has 1 aromatic heterocycles. The van der Waals surface area contributed by atoms with E-state index in [0.717, 1.165) is 16.8 Å². The van der Waals surface area contributed by atoms with Crippen LogP contribution in [0.5, 0.6) is 0 Å². The van der Waals surface area contributed by atoms with Crippen molar-refractivity contribution in [2.45, 2.75) is 6.92 Å². The summed E-state index contributed by atoms with van der Waals surface area (Å²) in [6.07, 6.45) is 1.71. The van der Waals surface area contributed by atoms with Crippen LogP contribution in [0.2, 0.25) is 0 Å². The minimum Gasteiger partial charge on any atom is -0.444 e. The van der Waals surface area contributed by atoms with Gasteiger partial charge in [-0.05, 0) is 30.2 Å². The van der Waals surface area contributed by atoms with Crippen molar-refractivity contribution in [3.05, 3.63) is 90.7 Å². The minimum absolute atomic E-state index is 0.647. The second-order valence-corrected chi connectivity index (χ2v) is 5.85. The topological polar surface area (TPSA) is 26.0 Å². The first-order chi connectivity index (χ1) is 11.8. The van der Waals surface area contributed by atoms with Crippen molar-refractivity contribution >= 4 is 0 Å². The predicted molar refractivity (Wildman–Crippen MR) is 97.5 cm³/mol. The number of hydrogen-bond donors (Lipinski definition) is 0. The monoisotopic (exact) mass is 311 g/mol. The molecule has 4 rings (SSSR count). The third-order valence-electron chi connectivity index (χ3n) is 4.06. The molecule has 0 radical (unpaired) electrons. The Balaban J connectivity index is 1.63. The molecule has 0 aliphatic heterocycles. The minimum atomic E-state index is 0.647. The van der Waals surface area contributed by atoms with E-state index in [0.29, 0.717) is 5.89 Å². The van der Waals surface area contributed by atoms with Gasteiger partial charge in [-0.25, -0.2) is 4.98 Å². The van der Waals surface area contributed by atoms with Crippen molar-refractivity contribution in [3.8, 4) is 33.8 Å². The first kappa shape index (κ1) is 14.5. The largest absolute Gasteiger partial charge is 0.444 e. The van der Waals surface area contributed by atoms with Gasteiger partial charge < -0.3 is 4.42 Å². The van der Waals surface area contributed by atoms with Gasteiger partial charge in [0.25, 0.3) is 0 Å². The smallest absolute Gasteiger partial charge is 0.226 e. The highest BCUT2D eigenvalue weighted by atomic mass is 16.3. The zero-order valence-corrected chi connectivity index (χ0v) is 13.4. The van der Waals surface area contributed by atoms with Crippen molar-refractivity contribution < 1.29 is 4.42 Å². The lowest BCUT2D eigenvalue weighted by Crippen LogP contribution is -1.82. The van der Waals surface area contributed by atoms with E-state index in [-0.39, 0.29) is 0 Å². The molecular formula is C22H17NO. The Morgan fingerprint density at radius 1 is 0.667 bits per heavy atom. The highest BCUT2D eigenvalue weighted by Gasteiger charge is 2.08. The summed E-state index contributed by atoms with van der Waals surface area (Å²) in [7, 11) is 0. The van der Waals surface area contributed by atoms with Crippen LogP contribution in [0.3, 0.4) is 0 Å². The maximum Gasteiger partial charge on any atom is 0.226 e. The van der Waals surface area contributed by atoms with Crippen molar-refractivity contribution in [1.82, 2.24) is 4.98 Å². The summed E-state index contributed by atoms with van der Waals surface area (Å²) in [5.41, 5.74) is 6.59. The third-order valence-corrected chi connectivity index (χ3v) is 4.06.